The van der Waals surface area contributed by atoms with Crippen LogP contribution in [-0.2, 0) is 5.41 Å². The molecule has 0 heterocycles. The highest BCUT2D eigenvalue weighted by molar-refractivity contribution is 5.89. The molecule has 0 spiro atoms. The normalized spacial score (nSPS) is 12.3. The van der Waals surface area contributed by atoms with Gasteiger partial charge in [-0.05, 0) is 11.8 Å². The summed E-state index contributed by atoms with van der Waals surface area (Å²) in [7, 11) is 0. The van der Waals surface area contributed by atoms with Crippen molar-refractivity contribution in [2.45, 2.75) is 32.6 Å². The van der Waals surface area contributed by atoms with Crippen molar-refractivity contribution >= 4 is 10.8 Å². The van der Waals surface area contributed by atoms with E-state index in [1.54, 1.807) is 6.92 Å². The van der Waals surface area contributed by atoms with Gasteiger partial charge in [0.15, 0.2) is 40.7 Å². The van der Waals surface area contributed by atoms with Gasteiger partial charge >= 0.3 is 0 Å². The van der Waals surface area contributed by atoms with Crippen molar-refractivity contribution in [2.24, 2.45) is 0 Å². The smallest absolute Gasteiger partial charge is 0.198 e. The minimum atomic E-state index is -2.28. The molecule has 0 N–H and O–H groups in total. The number of rotatable bonds is 2. The van der Waals surface area contributed by atoms with Crippen molar-refractivity contribution in [3.05, 3.63) is 46.3 Å². The molecule has 0 unspecified atom stereocenters. The first-order valence-electron chi connectivity index (χ1n) is 6.38. The lowest BCUT2D eigenvalue weighted by atomic mass is 9.78. The number of hydrogen-bond donors (Lipinski definition) is 0. The molecule has 120 valence electrons. The van der Waals surface area contributed by atoms with Crippen molar-refractivity contribution in [3.63, 3.8) is 0 Å². The van der Waals surface area contributed by atoms with E-state index in [1.165, 1.54) is 13.8 Å². The third-order valence-electron chi connectivity index (χ3n) is 3.90. The lowest BCUT2D eigenvalue weighted by molar-refractivity contribution is 0.397. The highest BCUT2D eigenvalue weighted by atomic mass is 19.2. The van der Waals surface area contributed by atoms with E-state index in [-0.39, 0.29) is 6.42 Å². The Labute approximate surface area is 121 Å². The second-order valence-corrected chi connectivity index (χ2v) is 5.56. The van der Waals surface area contributed by atoms with Gasteiger partial charge in [-0.25, -0.2) is 30.7 Å². The van der Waals surface area contributed by atoms with Crippen LogP contribution in [0.3, 0.4) is 0 Å². The Bertz CT molecular complexity index is 770. The molecule has 2 rings (SSSR count). The maximum absolute atomic E-state index is 14.1. The second-order valence-electron chi connectivity index (χ2n) is 5.56. The fourth-order valence-electron chi connectivity index (χ4n) is 2.31. The highest BCUT2D eigenvalue weighted by Crippen LogP contribution is 2.41. The van der Waals surface area contributed by atoms with Crippen LogP contribution in [0.4, 0.5) is 30.7 Å². The molecular formula is C15H11F7. The van der Waals surface area contributed by atoms with Crippen molar-refractivity contribution in [2.75, 3.05) is 0 Å². The maximum atomic E-state index is 14.1. The van der Waals surface area contributed by atoms with Gasteiger partial charge in [-0.2, -0.15) is 0 Å². The summed E-state index contributed by atoms with van der Waals surface area (Å²) in [5.74, 6) is -14.5. The molecule has 0 amide bonds. The fraction of sp³-hybridized carbons (Fsp3) is 0.333. The quantitative estimate of drug-likeness (QED) is 0.389. The Balaban J connectivity index is 3.23. The summed E-state index contributed by atoms with van der Waals surface area (Å²) in [6, 6.07) is 0. The van der Waals surface area contributed by atoms with E-state index in [1.807, 2.05) is 0 Å². The summed E-state index contributed by atoms with van der Waals surface area (Å²) in [5, 5.41) is -2.56. The summed E-state index contributed by atoms with van der Waals surface area (Å²) in [5.41, 5.74) is -2.01. The van der Waals surface area contributed by atoms with E-state index < -0.39 is 62.5 Å². The van der Waals surface area contributed by atoms with Gasteiger partial charge in [0.1, 0.15) is 0 Å². The fourth-order valence-corrected chi connectivity index (χ4v) is 2.31. The number of halogens is 7. The molecule has 0 aliphatic carbocycles. The minimum Gasteiger partial charge on any atom is -0.203 e. The van der Waals surface area contributed by atoms with E-state index in [4.69, 9.17) is 0 Å². The van der Waals surface area contributed by atoms with Crippen molar-refractivity contribution < 1.29 is 30.7 Å². The van der Waals surface area contributed by atoms with Crippen molar-refractivity contribution in [1.82, 2.24) is 0 Å². The zero-order chi connectivity index (χ0) is 17.0. The molecular weight excluding hydrogens is 313 g/mol. The predicted molar refractivity (Wildman–Crippen MR) is 67.0 cm³/mol. The molecule has 0 aliphatic heterocycles. The van der Waals surface area contributed by atoms with Gasteiger partial charge in [0.25, 0.3) is 0 Å². The highest BCUT2D eigenvalue weighted by Gasteiger charge is 2.35. The number of hydrogen-bond acceptors (Lipinski definition) is 0. The van der Waals surface area contributed by atoms with Gasteiger partial charge in [0, 0.05) is 10.9 Å². The van der Waals surface area contributed by atoms with E-state index in [2.05, 4.69) is 0 Å². The molecule has 0 bridgehead atoms. The first kappa shape index (κ1) is 16.6. The predicted octanol–water partition coefficient (Wildman–Crippen LogP) is 5.50. The van der Waals surface area contributed by atoms with E-state index >= 15 is 0 Å². The molecule has 0 nitrogen and oxygen atoms in total. The first-order chi connectivity index (χ1) is 10.1. The van der Waals surface area contributed by atoms with Crippen LogP contribution in [0.2, 0.25) is 0 Å². The van der Waals surface area contributed by atoms with Gasteiger partial charge in [-0.15, -0.1) is 0 Å². The van der Waals surface area contributed by atoms with Crippen LogP contribution in [0.15, 0.2) is 0 Å². The summed E-state index contributed by atoms with van der Waals surface area (Å²) in [6.45, 7) is 4.27. The van der Waals surface area contributed by atoms with Gasteiger partial charge in [0.05, 0.1) is 5.39 Å². The SMILES string of the molecule is CCC(C)(C)c1c(F)c(F)c(F)c2c(F)c(F)c(F)c(F)c12. The summed E-state index contributed by atoms with van der Waals surface area (Å²) in [6.07, 6.45) is 0.129. The van der Waals surface area contributed by atoms with Gasteiger partial charge in [0.2, 0.25) is 0 Å². The maximum Gasteiger partial charge on any atom is 0.198 e. The average Bonchev–Trinajstić information content (AvgIpc) is 2.47. The summed E-state index contributed by atoms with van der Waals surface area (Å²) in [4.78, 5) is 0. The molecule has 0 radical (unpaired) electrons. The summed E-state index contributed by atoms with van der Waals surface area (Å²) >= 11 is 0. The third-order valence-corrected chi connectivity index (χ3v) is 3.90. The molecule has 0 fully saturated rings. The molecule has 0 aliphatic rings. The lowest BCUT2D eigenvalue weighted by Crippen LogP contribution is -2.21. The average molecular weight is 324 g/mol. The van der Waals surface area contributed by atoms with E-state index in [0.717, 1.165) is 0 Å². The zero-order valence-corrected chi connectivity index (χ0v) is 11.9. The molecule has 0 saturated heterocycles. The second kappa shape index (κ2) is 5.14. The van der Waals surface area contributed by atoms with E-state index in [9.17, 15) is 30.7 Å². The Hall–Kier alpha value is -1.79. The molecule has 2 aromatic rings. The van der Waals surface area contributed by atoms with Crippen LogP contribution in [0.1, 0.15) is 32.8 Å². The van der Waals surface area contributed by atoms with Gasteiger partial charge in [-0.3, -0.25) is 0 Å². The van der Waals surface area contributed by atoms with Crippen LogP contribution in [0.25, 0.3) is 10.8 Å². The Kier molecular flexibility index (Phi) is 3.87. The number of fused-ring (bicyclic) bond motifs is 1. The van der Waals surface area contributed by atoms with Crippen LogP contribution in [-0.4, -0.2) is 0 Å². The van der Waals surface area contributed by atoms with Crippen LogP contribution in [0, 0.1) is 40.7 Å². The zero-order valence-electron chi connectivity index (χ0n) is 11.9. The van der Waals surface area contributed by atoms with Gasteiger partial charge in [-0.1, -0.05) is 20.8 Å². The Morgan fingerprint density at radius 2 is 0.955 bits per heavy atom. The monoisotopic (exact) mass is 324 g/mol. The molecule has 0 saturated carbocycles. The van der Waals surface area contributed by atoms with Crippen LogP contribution < -0.4 is 0 Å². The van der Waals surface area contributed by atoms with Gasteiger partial charge < -0.3 is 0 Å². The molecule has 7 heteroatoms. The molecule has 22 heavy (non-hydrogen) atoms. The molecule has 2 aromatic carbocycles. The largest absolute Gasteiger partial charge is 0.203 e. The molecule has 0 atom stereocenters. The Morgan fingerprint density at radius 3 is 1.36 bits per heavy atom. The van der Waals surface area contributed by atoms with Crippen molar-refractivity contribution in [1.29, 1.82) is 0 Å². The first-order valence-corrected chi connectivity index (χ1v) is 6.38. The summed E-state index contributed by atoms with van der Waals surface area (Å²) < 4.78 is 96.0. The lowest BCUT2D eigenvalue weighted by Gasteiger charge is -2.26. The van der Waals surface area contributed by atoms with Crippen LogP contribution in [0.5, 0.6) is 0 Å². The molecule has 0 aromatic heterocycles. The van der Waals surface area contributed by atoms with E-state index in [0.29, 0.717) is 0 Å². The Morgan fingerprint density at radius 1 is 0.591 bits per heavy atom. The minimum absolute atomic E-state index is 0.129. The van der Waals surface area contributed by atoms with Crippen molar-refractivity contribution in [3.8, 4) is 0 Å². The topological polar surface area (TPSA) is 0 Å². The third kappa shape index (κ3) is 2.06. The standard InChI is InChI=1S/C15H11F7/c1-4-15(2,3)7-5-6(9(17)12(20)11(7)19)10(18)14(22)13(21)8(5)16/h4H2,1-3H3. The number of benzene rings is 2. The van der Waals surface area contributed by atoms with Crippen LogP contribution >= 0.6 is 0 Å².